The summed E-state index contributed by atoms with van der Waals surface area (Å²) in [5.74, 6) is 0. The average molecular weight is 275 g/mol. The lowest BCUT2D eigenvalue weighted by atomic mass is 9.98. The van der Waals surface area contributed by atoms with Gasteiger partial charge in [-0.2, -0.15) is 0 Å². The van der Waals surface area contributed by atoms with Crippen molar-refractivity contribution in [1.82, 2.24) is 0 Å². The van der Waals surface area contributed by atoms with Crippen LogP contribution in [-0.2, 0) is 11.2 Å². The molecule has 2 unspecified atom stereocenters. The lowest BCUT2D eigenvalue weighted by Gasteiger charge is -2.27. The fraction of sp³-hybridized carbons (Fsp3) is 0.538. The molecule has 0 spiro atoms. The summed E-state index contributed by atoms with van der Waals surface area (Å²) in [6, 6.07) is 5.35. The molecule has 0 saturated carbocycles. The predicted molar refractivity (Wildman–Crippen MR) is 69.8 cm³/mol. The van der Waals surface area contributed by atoms with Crippen molar-refractivity contribution in [2.45, 2.75) is 37.9 Å². The van der Waals surface area contributed by atoms with Gasteiger partial charge in [-0.15, -0.1) is 0 Å². The molecule has 94 valence electrons. The van der Waals surface area contributed by atoms with E-state index in [1.807, 2.05) is 6.07 Å². The van der Waals surface area contributed by atoms with Crippen LogP contribution >= 0.6 is 23.2 Å². The van der Waals surface area contributed by atoms with E-state index in [9.17, 15) is 5.11 Å². The zero-order chi connectivity index (χ0) is 12.3. The summed E-state index contributed by atoms with van der Waals surface area (Å²) < 4.78 is 5.56. The Bertz CT molecular complexity index is 376. The minimum Gasteiger partial charge on any atom is -0.390 e. The molecular weight excluding hydrogens is 259 g/mol. The molecule has 1 heterocycles. The van der Waals surface area contributed by atoms with E-state index in [0.29, 0.717) is 16.5 Å². The van der Waals surface area contributed by atoms with Crippen LogP contribution in [0.1, 0.15) is 24.8 Å². The maximum absolute atomic E-state index is 10.1. The largest absolute Gasteiger partial charge is 0.390 e. The highest BCUT2D eigenvalue weighted by Gasteiger charge is 2.23. The van der Waals surface area contributed by atoms with Crippen LogP contribution in [0, 0.1) is 0 Å². The summed E-state index contributed by atoms with van der Waals surface area (Å²) >= 11 is 11.9. The smallest absolute Gasteiger partial charge is 0.0842 e. The zero-order valence-electron chi connectivity index (χ0n) is 9.53. The van der Waals surface area contributed by atoms with Crippen LogP contribution in [0.15, 0.2) is 18.2 Å². The van der Waals surface area contributed by atoms with Gasteiger partial charge in [-0.25, -0.2) is 0 Å². The molecule has 1 aliphatic rings. The first-order chi connectivity index (χ1) is 8.16. The Hall–Kier alpha value is -0.280. The summed E-state index contributed by atoms with van der Waals surface area (Å²) in [4.78, 5) is 0. The highest BCUT2D eigenvalue weighted by molar-refractivity contribution is 6.35. The predicted octanol–water partition coefficient (Wildman–Crippen LogP) is 3.47. The van der Waals surface area contributed by atoms with Gasteiger partial charge in [-0.05, 0) is 37.0 Å². The number of ether oxygens (including phenoxy) is 1. The molecule has 1 fully saturated rings. The van der Waals surface area contributed by atoms with E-state index < -0.39 is 6.10 Å². The highest BCUT2D eigenvalue weighted by atomic mass is 35.5. The molecule has 2 rings (SSSR count). The fourth-order valence-corrected chi connectivity index (χ4v) is 2.60. The number of aliphatic hydroxyl groups is 1. The topological polar surface area (TPSA) is 29.5 Å². The summed E-state index contributed by atoms with van der Waals surface area (Å²) in [6.45, 7) is 0.746. The first-order valence-corrected chi connectivity index (χ1v) is 6.66. The molecule has 1 saturated heterocycles. The van der Waals surface area contributed by atoms with Crippen LogP contribution in [0.3, 0.4) is 0 Å². The number of halogens is 2. The number of aliphatic hydroxyl groups excluding tert-OH is 1. The van der Waals surface area contributed by atoms with E-state index in [2.05, 4.69) is 0 Å². The van der Waals surface area contributed by atoms with Crippen LogP contribution in [-0.4, -0.2) is 23.9 Å². The van der Waals surface area contributed by atoms with Gasteiger partial charge < -0.3 is 9.84 Å². The molecule has 2 nitrogen and oxygen atoms in total. The van der Waals surface area contributed by atoms with Gasteiger partial charge in [-0.3, -0.25) is 0 Å². The minimum atomic E-state index is -0.492. The van der Waals surface area contributed by atoms with Gasteiger partial charge in [0.1, 0.15) is 0 Å². The number of hydrogen-bond acceptors (Lipinski definition) is 2. The van der Waals surface area contributed by atoms with Crippen molar-refractivity contribution in [3.63, 3.8) is 0 Å². The molecule has 0 amide bonds. The molecule has 0 bridgehead atoms. The molecule has 0 aliphatic carbocycles. The Balaban J connectivity index is 1.99. The van der Waals surface area contributed by atoms with Gasteiger partial charge in [-0.1, -0.05) is 29.3 Å². The lowest BCUT2D eigenvalue weighted by molar-refractivity contribution is -0.0611. The van der Waals surface area contributed by atoms with Crippen molar-refractivity contribution in [2.75, 3.05) is 6.61 Å². The zero-order valence-corrected chi connectivity index (χ0v) is 11.0. The van der Waals surface area contributed by atoms with Crippen LogP contribution in [0.2, 0.25) is 10.0 Å². The third kappa shape index (κ3) is 3.59. The Labute approximate surface area is 111 Å². The quantitative estimate of drug-likeness (QED) is 0.915. The minimum absolute atomic E-state index is 0.0597. The summed E-state index contributed by atoms with van der Waals surface area (Å²) in [5.41, 5.74) is 0.915. The molecule has 0 radical (unpaired) electrons. The lowest BCUT2D eigenvalue weighted by Crippen LogP contribution is -2.33. The van der Waals surface area contributed by atoms with Crippen LogP contribution in [0.4, 0.5) is 0 Å². The molecule has 0 aromatic heterocycles. The molecule has 4 heteroatoms. The monoisotopic (exact) mass is 274 g/mol. The van der Waals surface area contributed by atoms with Crippen molar-refractivity contribution in [3.05, 3.63) is 33.8 Å². The molecule has 17 heavy (non-hydrogen) atoms. The number of hydrogen-bond donors (Lipinski definition) is 1. The second-order valence-corrected chi connectivity index (χ2v) is 5.26. The average Bonchev–Trinajstić information content (AvgIpc) is 2.34. The van der Waals surface area contributed by atoms with E-state index in [4.69, 9.17) is 27.9 Å². The van der Waals surface area contributed by atoms with E-state index in [-0.39, 0.29) is 6.10 Å². The van der Waals surface area contributed by atoms with Crippen molar-refractivity contribution in [2.24, 2.45) is 0 Å². The standard InChI is InChI=1S/C13H16Cl2O2/c14-10-5-4-9(11(15)8-10)7-12(16)13-3-1-2-6-17-13/h4-5,8,12-13,16H,1-3,6-7H2. The maximum Gasteiger partial charge on any atom is 0.0842 e. The summed E-state index contributed by atoms with van der Waals surface area (Å²) in [7, 11) is 0. The maximum atomic E-state index is 10.1. The Morgan fingerprint density at radius 1 is 1.35 bits per heavy atom. The highest BCUT2D eigenvalue weighted by Crippen LogP contribution is 2.24. The van der Waals surface area contributed by atoms with Gasteiger partial charge in [0, 0.05) is 23.1 Å². The summed E-state index contributed by atoms with van der Waals surface area (Å²) in [6.07, 6.45) is 3.10. The first-order valence-electron chi connectivity index (χ1n) is 5.90. The van der Waals surface area contributed by atoms with Crippen molar-refractivity contribution in [3.8, 4) is 0 Å². The first kappa shape index (κ1) is 13.2. The second-order valence-electron chi connectivity index (χ2n) is 4.41. The van der Waals surface area contributed by atoms with E-state index in [1.54, 1.807) is 12.1 Å². The molecule has 2 atom stereocenters. The second kappa shape index (κ2) is 6.05. The van der Waals surface area contributed by atoms with Gasteiger partial charge in [0.05, 0.1) is 12.2 Å². The third-order valence-corrected chi connectivity index (χ3v) is 3.68. The van der Waals surface area contributed by atoms with Gasteiger partial charge in [0.2, 0.25) is 0 Å². The van der Waals surface area contributed by atoms with Crippen LogP contribution in [0.25, 0.3) is 0 Å². The molecule has 1 aliphatic heterocycles. The van der Waals surface area contributed by atoms with Gasteiger partial charge >= 0.3 is 0 Å². The van der Waals surface area contributed by atoms with Crippen molar-refractivity contribution < 1.29 is 9.84 Å². The Morgan fingerprint density at radius 3 is 2.82 bits per heavy atom. The fourth-order valence-electron chi connectivity index (χ4n) is 2.11. The van der Waals surface area contributed by atoms with Crippen molar-refractivity contribution >= 4 is 23.2 Å². The van der Waals surface area contributed by atoms with Crippen molar-refractivity contribution in [1.29, 1.82) is 0 Å². The Kier molecular flexibility index (Phi) is 4.69. The molecule has 1 aromatic rings. The SMILES string of the molecule is OC(Cc1ccc(Cl)cc1Cl)C1CCCCO1. The van der Waals surface area contributed by atoms with Crippen LogP contribution < -0.4 is 0 Å². The van der Waals surface area contributed by atoms with Gasteiger partial charge in [0.25, 0.3) is 0 Å². The van der Waals surface area contributed by atoms with E-state index in [1.165, 1.54) is 0 Å². The Morgan fingerprint density at radius 2 is 2.18 bits per heavy atom. The number of rotatable bonds is 3. The van der Waals surface area contributed by atoms with Gasteiger partial charge in [0.15, 0.2) is 0 Å². The normalized spacial score (nSPS) is 22.4. The third-order valence-electron chi connectivity index (χ3n) is 3.09. The van der Waals surface area contributed by atoms with Crippen LogP contribution in [0.5, 0.6) is 0 Å². The summed E-state index contributed by atoms with van der Waals surface area (Å²) in [5, 5.41) is 11.3. The molecular formula is C13H16Cl2O2. The van der Waals surface area contributed by atoms with E-state index in [0.717, 1.165) is 31.4 Å². The molecule has 1 aromatic carbocycles. The molecule has 1 N–H and O–H groups in total. The van der Waals surface area contributed by atoms with E-state index >= 15 is 0 Å². The number of benzene rings is 1.